The number of aromatic nitrogens is 4. The minimum absolute atomic E-state index is 0.0546. The molecule has 1 atom stereocenters. The van der Waals surface area contributed by atoms with Crippen molar-refractivity contribution in [2.24, 2.45) is 7.05 Å². The number of H-pyrrole nitrogens is 1. The first-order chi connectivity index (χ1) is 18.3. The number of rotatable bonds is 14. The molecular weight excluding hydrogens is 505 g/mol. The zero-order valence-corrected chi connectivity index (χ0v) is 23.1. The molecule has 3 aromatic rings. The summed E-state index contributed by atoms with van der Waals surface area (Å²) in [6.07, 6.45) is 11.5. The molecule has 0 bridgehead atoms. The van der Waals surface area contributed by atoms with E-state index in [4.69, 9.17) is 0 Å². The van der Waals surface area contributed by atoms with Gasteiger partial charge in [-0.05, 0) is 29.7 Å². The average Bonchev–Trinajstić information content (AvgIpc) is 2.91. The first kappa shape index (κ1) is 29.3. The molecule has 204 valence electrons. The van der Waals surface area contributed by atoms with Gasteiger partial charge in [0.05, 0.1) is 0 Å². The predicted octanol–water partition coefficient (Wildman–Crippen LogP) is 4.64. The topological polar surface area (TPSA) is 101 Å². The molecule has 2 heterocycles. The summed E-state index contributed by atoms with van der Waals surface area (Å²) < 4.78 is 14.9. The molecule has 8 nitrogen and oxygen atoms in total. The number of unbranched alkanes of at least 4 members (excludes halogenated alkanes) is 5. The summed E-state index contributed by atoms with van der Waals surface area (Å²) in [6.45, 7) is 2.83. The van der Waals surface area contributed by atoms with E-state index in [0.717, 1.165) is 24.8 Å². The summed E-state index contributed by atoms with van der Waals surface area (Å²) in [7, 11) is 3.57. The van der Waals surface area contributed by atoms with Crippen LogP contribution in [0.2, 0.25) is 0 Å². The first-order valence-corrected chi connectivity index (χ1v) is 14.0. The highest BCUT2D eigenvalue weighted by atomic mass is 32.2. The molecule has 3 rings (SSSR count). The molecular formula is C28H36FN5O3S. The van der Waals surface area contributed by atoms with Gasteiger partial charge in [-0.3, -0.25) is 9.59 Å². The van der Waals surface area contributed by atoms with Crippen LogP contribution in [0.1, 0.15) is 74.5 Å². The van der Waals surface area contributed by atoms with Crippen LogP contribution in [0.5, 0.6) is 0 Å². The summed E-state index contributed by atoms with van der Waals surface area (Å²) >= 11 is 1.37. The Bertz CT molecular complexity index is 1290. The van der Waals surface area contributed by atoms with Gasteiger partial charge in [0.15, 0.2) is 5.16 Å². The summed E-state index contributed by atoms with van der Waals surface area (Å²) in [5.74, 6) is -0.481. The van der Waals surface area contributed by atoms with Crippen LogP contribution in [0.25, 0.3) is 0 Å². The monoisotopic (exact) mass is 541 g/mol. The fourth-order valence-electron chi connectivity index (χ4n) is 4.19. The molecule has 1 N–H and O–H groups in total. The first-order valence-electron chi connectivity index (χ1n) is 13.0. The number of nitrogens with zero attached hydrogens (tertiary/aromatic N) is 4. The Morgan fingerprint density at radius 1 is 1.13 bits per heavy atom. The van der Waals surface area contributed by atoms with Crippen LogP contribution >= 0.6 is 11.8 Å². The average molecular weight is 542 g/mol. The molecule has 0 aliphatic carbocycles. The lowest BCUT2D eigenvalue weighted by Crippen LogP contribution is -2.31. The number of nitrogens with one attached hydrogen (secondary N) is 1. The van der Waals surface area contributed by atoms with Gasteiger partial charge in [0.25, 0.3) is 5.56 Å². The molecule has 0 aliphatic rings. The number of aryl methyl sites for hydroxylation is 1. The van der Waals surface area contributed by atoms with Crippen molar-refractivity contribution in [1.29, 1.82) is 0 Å². The van der Waals surface area contributed by atoms with Crippen molar-refractivity contribution in [3.05, 3.63) is 86.2 Å². The third kappa shape index (κ3) is 8.65. The number of benzene rings is 1. The van der Waals surface area contributed by atoms with E-state index >= 15 is 0 Å². The van der Waals surface area contributed by atoms with Gasteiger partial charge in [0, 0.05) is 62.9 Å². The number of amides is 1. The van der Waals surface area contributed by atoms with E-state index in [1.165, 1.54) is 55.6 Å². The lowest BCUT2D eigenvalue weighted by molar-refractivity contribution is -0.130. The number of carbonyl (C=O) groups is 1. The highest BCUT2D eigenvalue weighted by Gasteiger charge is 2.25. The standard InChI is InChI=1S/C28H36FN5O3S/c1-4-5-6-7-8-9-14-33(2)25(35)15-23(21-16-30-27(37)31-17-21)24-18-34(3)28(32-26(24)36)38-19-20-10-12-22(29)13-11-20/h10-13,16-18,23H,4-9,14-15,19H2,1-3H3,(H,30,31,37). The second-order valence-corrected chi connectivity index (χ2v) is 10.4. The number of aromatic amines is 1. The van der Waals surface area contributed by atoms with Gasteiger partial charge in [0.2, 0.25) is 5.91 Å². The second-order valence-electron chi connectivity index (χ2n) is 9.50. The Balaban J connectivity index is 1.76. The normalized spacial score (nSPS) is 11.9. The molecule has 1 aromatic carbocycles. The van der Waals surface area contributed by atoms with Gasteiger partial charge in [-0.25, -0.2) is 14.2 Å². The largest absolute Gasteiger partial charge is 0.346 e. The van der Waals surface area contributed by atoms with E-state index in [-0.39, 0.29) is 18.1 Å². The van der Waals surface area contributed by atoms with Crippen LogP contribution in [0.15, 0.2) is 57.6 Å². The van der Waals surface area contributed by atoms with E-state index in [0.29, 0.717) is 28.6 Å². The maximum Gasteiger partial charge on any atom is 0.344 e. The predicted molar refractivity (Wildman–Crippen MR) is 148 cm³/mol. The van der Waals surface area contributed by atoms with Crippen LogP contribution in [-0.2, 0) is 17.6 Å². The molecule has 0 spiro atoms. The number of hydrogen-bond acceptors (Lipinski definition) is 6. The number of thioether (sulfide) groups is 1. The van der Waals surface area contributed by atoms with E-state index in [2.05, 4.69) is 21.9 Å². The molecule has 0 radical (unpaired) electrons. The zero-order chi connectivity index (χ0) is 27.5. The molecule has 10 heteroatoms. The fraction of sp³-hybridized carbons (Fsp3) is 0.464. The van der Waals surface area contributed by atoms with Crippen LogP contribution in [-0.4, -0.2) is 43.9 Å². The number of hydrogen-bond donors (Lipinski definition) is 1. The van der Waals surface area contributed by atoms with Crippen molar-refractivity contribution in [3.8, 4) is 0 Å². The van der Waals surface area contributed by atoms with Crippen molar-refractivity contribution < 1.29 is 9.18 Å². The zero-order valence-electron chi connectivity index (χ0n) is 22.3. The van der Waals surface area contributed by atoms with E-state index in [1.54, 1.807) is 41.9 Å². The molecule has 38 heavy (non-hydrogen) atoms. The maximum atomic E-state index is 13.2. The lowest BCUT2D eigenvalue weighted by atomic mass is 9.91. The van der Waals surface area contributed by atoms with E-state index < -0.39 is 17.2 Å². The Kier molecular flexibility index (Phi) is 11.3. The number of carbonyl (C=O) groups excluding carboxylic acids is 1. The van der Waals surface area contributed by atoms with Gasteiger partial charge in [-0.2, -0.15) is 4.98 Å². The number of halogens is 1. The summed E-state index contributed by atoms with van der Waals surface area (Å²) in [5.41, 5.74) is 0.890. The molecule has 0 aliphatic heterocycles. The van der Waals surface area contributed by atoms with E-state index in [9.17, 15) is 18.8 Å². The molecule has 1 unspecified atom stereocenters. The van der Waals surface area contributed by atoms with Crippen LogP contribution < -0.4 is 11.2 Å². The molecule has 0 saturated carbocycles. The van der Waals surface area contributed by atoms with Gasteiger partial charge < -0.3 is 14.5 Å². The van der Waals surface area contributed by atoms with Gasteiger partial charge in [0.1, 0.15) is 5.82 Å². The van der Waals surface area contributed by atoms with Crippen LogP contribution in [0, 0.1) is 5.82 Å². The SMILES string of the molecule is CCCCCCCCN(C)C(=O)CC(c1cnc(=O)[nH]c1)c1cn(C)c(SCc2ccc(F)cc2)nc1=O. The van der Waals surface area contributed by atoms with Crippen molar-refractivity contribution in [1.82, 2.24) is 24.4 Å². The second kappa shape index (κ2) is 14.6. The fourth-order valence-corrected chi connectivity index (χ4v) is 5.08. The summed E-state index contributed by atoms with van der Waals surface area (Å²) in [4.78, 5) is 50.2. The van der Waals surface area contributed by atoms with Crippen LogP contribution in [0.4, 0.5) is 4.39 Å². The van der Waals surface area contributed by atoms with Crippen molar-refractivity contribution in [2.75, 3.05) is 13.6 Å². The third-order valence-corrected chi connectivity index (χ3v) is 7.60. The molecule has 1 amide bonds. The highest BCUT2D eigenvalue weighted by molar-refractivity contribution is 7.98. The molecule has 0 saturated heterocycles. The highest BCUT2D eigenvalue weighted by Crippen LogP contribution is 2.27. The lowest BCUT2D eigenvalue weighted by Gasteiger charge is -2.22. The summed E-state index contributed by atoms with van der Waals surface area (Å²) in [5, 5.41) is 0.507. The Labute approximate surface area is 226 Å². The minimum atomic E-state index is -0.610. The van der Waals surface area contributed by atoms with Gasteiger partial charge in [-0.15, -0.1) is 0 Å². The van der Waals surface area contributed by atoms with Crippen LogP contribution in [0.3, 0.4) is 0 Å². The minimum Gasteiger partial charge on any atom is -0.346 e. The summed E-state index contributed by atoms with van der Waals surface area (Å²) in [6, 6.07) is 6.19. The van der Waals surface area contributed by atoms with Crippen molar-refractivity contribution in [2.45, 2.75) is 68.7 Å². The smallest absolute Gasteiger partial charge is 0.344 e. The Hall–Kier alpha value is -3.27. The maximum absolute atomic E-state index is 13.2. The van der Waals surface area contributed by atoms with Crippen molar-refractivity contribution in [3.63, 3.8) is 0 Å². The third-order valence-electron chi connectivity index (χ3n) is 6.48. The van der Waals surface area contributed by atoms with Crippen molar-refractivity contribution >= 4 is 17.7 Å². The Morgan fingerprint density at radius 2 is 1.84 bits per heavy atom. The molecule has 2 aromatic heterocycles. The Morgan fingerprint density at radius 3 is 2.53 bits per heavy atom. The quantitative estimate of drug-likeness (QED) is 0.181. The van der Waals surface area contributed by atoms with Gasteiger partial charge >= 0.3 is 5.69 Å². The van der Waals surface area contributed by atoms with E-state index in [1.807, 2.05) is 0 Å². The van der Waals surface area contributed by atoms with Gasteiger partial charge in [-0.1, -0.05) is 62.9 Å². The molecule has 0 fully saturated rings.